The molecular formula is C13H11Cl2N3O2. The molecule has 0 aliphatic heterocycles. The molecule has 2 aromatic rings. The Balaban J connectivity index is 2.10. The van der Waals surface area contributed by atoms with Gasteiger partial charge in [-0.1, -0.05) is 23.2 Å². The van der Waals surface area contributed by atoms with Crippen molar-refractivity contribution < 1.29 is 9.84 Å². The number of pyridine rings is 1. The maximum atomic E-state index is 9.48. The van der Waals surface area contributed by atoms with Gasteiger partial charge < -0.3 is 9.84 Å². The first-order valence-corrected chi connectivity index (χ1v) is 6.33. The van der Waals surface area contributed by atoms with Crippen molar-refractivity contribution in [2.45, 2.75) is 0 Å². The Bertz CT molecular complexity index is 648. The van der Waals surface area contributed by atoms with Crippen molar-refractivity contribution in [3.05, 3.63) is 46.1 Å². The number of methoxy groups -OCH3 is 1. The average molecular weight is 312 g/mol. The van der Waals surface area contributed by atoms with Crippen LogP contribution >= 0.6 is 23.2 Å². The van der Waals surface area contributed by atoms with Crippen LogP contribution in [0.15, 0.2) is 35.6 Å². The van der Waals surface area contributed by atoms with Gasteiger partial charge in [0.2, 0.25) is 0 Å². The first-order chi connectivity index (χ1) is 9.60. The van der Waals surface area contributed by atoms with E-state index in [1.54, 1.807) is 24.4 Å². The van der Waals surface area contributed by atoms with E-state index in [9.17, 15) is 5.11 Å². The summed E-state index contributed by atoms with van der Waals surface area (Å²) in [6, 6.07) is 6.43. The third-order valence-corrected chi connectivity index (χ3v) is 2.89. The van der Waals surface area contributed by atoms with Crippen LogP contribution in [-0.2, 0) is 0 Å². The van der Waals surface area contributed by atoms with Crippen LogP contribution in [0.3, 0.4) is 0 Å². The second-order valence-corrected chi connectivity index (χ2v) is 4.63. The molecule has 0 amide bonds. The van der Waals surface area contributed by atoms with Gasteiger partial charge in [0.25, 0.3) is 0 Å². The van der Waals surface area contributed by atoms with Crippen molar-refractivity contribution in [2.24, 2.45) is 5.10 Å². The van der Waals surface area contributed by atoms with E-state index in [-0.39, 0.29) is 5.75 Å². The van der Waals surface area contributed by atoms with Crippen LogP contribution in [0, 0.1) is 0 Å². The van der Waals surface area contributed by atoms with Gasteiger partial charge in [-0.25, -0.2) is 4.98 Å². The smallest absolute Gasteiger partial charge is 0.165 e. The lowest BCUT2D eigenvalue weighted by Gasteiger charge is -2.04. The van der Waals surface area contributed by atoms with Crippen LogP contribution in [0.25, 0.3) is 0 Å². The number of hydrogen-bond acceptors (Lipinski definition) is 5. The van der Waals surface area contributed by atoms with E-state index in [4.69, 9.17) is 27.9 Å². The van der Waals surface area contributed by atoms with Gasteiger partial charge in [-0.3, -0.25) is 5.43 Å². The molecule has 2 N–H and O–H groups in total. The average Bonchev–Trinajstić information content (AvgIpc) is 2.43. The van der Waals surface area contributed by atoms with Crippen LogP contribution in [0.1, 0.15) is 5.56 Å². The molecule has 0 aliphatic rings. The number of ether oxygens (including phenoxy) is 1. The van der Waals surface area contributed by atoms with E-state index in [1.165, 1.54) is 19.4 Å². The molecule has 0 saturated heterocycles. The molecule has 0 fully saturated rings. The molecule has 0 aliphatic carbocycles. The summed E-state index contributed by atoms with van der Waals surface area (Å²) in [7, 11) is 1.48. The Kier molecular flexibility index (Phi) is 4.65. The lowest BCUT2D eigenvalue weighted by molar-refractivity contribution is 0.373. The fourth-order valence-electron chi connectivity index (χ4n) is 1.44. The number of rotatable bonds is 4. The number of anilines is 1. The minimum absolute atomic E-state index is 0.0695. The Morgan fingerprint density at radius 1 is 1.35 bits per heavy atom. The Labute approximate surface area is 125 Å². The highest BCUT2D eigenvalue weighted by atomic mass is 35.5. The van der Waals surface area contributed by atoms with Crippen molar-refractivity contribution >= 4 is 35.2 Å². The van der Waals surface area contributed by atoms with E-state index in [2.05, 4.69) is 15.5 Å². The van der Waals surface area contributed by atoms with Crippen LogP contribution in [0.4, 0.5) is 5.82 Å². The lowest BCUT2D eigenvalue weighted by atomic mass is 10.2. The largest absolute Gasteiger partial charge is 0.504 e. The standard InChI is InChI=1S/C13H11Cl2N3O2/c1-20-12-4-8(2-3-11(12)19)6-17-18-13-10(15)5-9(14)7-16-13/h2-7,19H,1H3,(H,16,18)/b17-6-. The second kappa shape index (κ2) is 6.45. The zero-order valence-corrected chi connectivity index (χ0v) is 12.0. The number of aromatic hydroxyl groups is 1. The number of hydrogen-bond donors (Lipinski definition) is 2. The van der Waals surface area contributed by atoms with Crippen molar-refractivity contribution in [2.75, 3.05) is 12.5 Å². The fourth-order valence-corrected chi connectivity index (χ4v) is 1.86. The molecule has 0 saturated carbocycles. The molecule has 1 heterocycles. The first kappa shape index (κ1) is 14.4. The normalized spacial score (nSPS) is 10.8. The van der Waals surface area contributed by atoms with E-state index < -0.39 is 0 Å². The summed E-state index contributed by atoms with van der Waals surface area (Å²) < 4.78 is 5.00. The molecule has 0 atom stereocenters. The summed E-state index contributed by atoms with van der Waals surface area (Å²) in [6.45, 7) is 0. The van der Waals surface area contributed by atoms with Gasteiger partial charge >= 0.3 is 0 Å². The predicted molar refractivity (Wildman–Crippen MR) is 80.1 cm³/mol. The zero-order chi connectivity index (χ0) is 14.5. The first-order valence-electron chi connectivity index (χ1n) is 5.57. The minimum atomic E-state index is 0.0695. The van der Waals surface area contributed by atoms with Gasteiger partial charge in [-0.05, 0) is 29.8 Å². The summed E-state index contributed by atoms with van der Waals surface area (Å²) in [5, 5.41) is 14.3. The van der Waals surface area contributed by atoms with Crippen LogP contribution in [0.5, 0.6) is 11.5 Å². The highest BCUT2D eigenvalue weighted by Gasteiger charge is 2.02. The van der Waals surface area contributed by atoms with E-state index in [0.717, 1.165) is 5.56 Å². The summed E-state index contributed by atoms with van der Waals surface area (Å²) >= 11 is 11.7. The lowest BCUT2D eigenvalue weighted by Crippen LogP contribution is -1.94. The summed E-state index contributed by atoms with van der Waals surface area (Å²) in [5.41, 5.74) is 3.45. The predicted octanol–water partition coefficient (Wildman–Crippen LogP) is 3.55. The van der Waals surface area contributed by atoms with E-state index in [0.29, 0.717) is 21.6 Å². The summed E-state index contributed by atoms with van der Waals surface area (Å²) in [6.07, 6.45) is 3.02. The van der Waals surface area contributed by atoms with Gasteiger partial charge in [0.15, 0.2) is 17.3 Å². The van der Waals surface area contributed by atoms with Gasteiger partial charge in [0.1, 0.15) is 0 Å². The molecule has 0 radical (unpaired) electrons. The number of benzene rings is 1. The molecule has 1 aromatic heterocycles. The van der Waals surface area contributed by atoms with Gasteiger partial charge in [-0.15, -0.1) is 0 Å². The quantitative estimate of drug-likeness (QED) is 0.669. The summed E-state index contributed by atoms with van der Waals surface area (Å²) in [5.74, 6) is 0.842. The van der Waals surface area contributed by atoms with Crippen molar-refractivity contribution in [1.82, 2.24) is 4.98 Å². The molecule has 104 valence electrons. The number of hydrazone groups is 1. The molecule has 0 bridgehead atoms. The molecule has 20 heavy (non-hydrogen) atoms. The SMILES string of the molecule is COc1cc(/C=N\Nc2ncc(Cl)cc2Cl)ccc1O. The van der Waals surface area contributed by atoms with Crippen molar-refractivity contribution in [3.63, 3.8) is 0 Å². The van der Waals surface area contributed by atoms with Gasteiger partial charge in [0, 0.05) is 6.20 Å². The maximum Gasteiger partial charge on any atom is 0.165 e. The number of nitrogens with one attached hydrogen (secondary N) is 1. The molecule has 0 spiro atoms. The Morgan fingerprint density at radius 2 is 2.15 bits per heavy atom. The molecule has 0 unspecified atom stereocenters. The third kappa shape index (κ3) is 3.53. The minimum Gasteiger partial charge on any atom is -0.504 e. The fraction of sp³-hybridized carbons (Fsp3) is 0.0769. The third-order valence-electron chi connectivity index (χ3n) is 2.40. The van der Waals surface area contributed by atoms with E-state index in [1.807, 2.05) is 0 Å². The van der Waals surface area contributed by atoms with E-state index >= 15 is 0 Å². The Morgan fingerprint density at radius 3 is 2.85 bits per heavy atom. The zero-order valence-electron chi connectivity index (χ0n) is 10.5. The molecule has 5 nitrogen and oxygen atoms in total. The monoisotopic (exact) mass is 311 g/mol. The van der Waals surface area contributed by atoms with Crippen molar-refractivity contribution in [3.8, 4) is 11.5 Å². The number of nitrogens with zero attached hydrogens (tertiary/aromatic N) is 2. The topological polar surface area (TPSA) is 66.7 Å². The summed E-state index contributed by atoms with van der Waals surface area (Å²) in [4.78, 5) is 4.00. The van der Waals surface area contributed by atoms with Gasteiger partial charge in [0.05, 0.1) is 23.4 Å². The Hall–Kier alpha value is -1.98. The highest BCUT2D eigenvalue weighted by molar-refractivity contribution is 6.35. The van der Waals surface area contributed by atoms with Crippen LogP contribution in [-0.4, -0.2) is 23.4 Å². The highest BCUT2D eigenvalue weighted by Crippen LogP contribution is 2.26. The molecule has 7 heteroatoms. The number of aromatic nitrogens is 1. The number of phenolic OH excluding ortho intramolecular Hbond substituents is 1. The molecular weight excluding hydrogens is 301 g/mol. The van der Waals surface area contributed by atoms with Gasteiger partial charge in [-0.2, -0.15) is 5.10 Å². The van der Waals surface area contributed by atoms with Crippen molar-refractivity contribution in [1.29, 1.82) is 0 Å². The molecule has 1 aromatic carbocycles. The second-order valence-electron chi connectivity index (χ2n) is 3.79. The van der Waals surface area contributed by atoms with Crippen LogP contribution < -0.4 is 10.2 Å². The number of halogens is 2. The molecule has 2 rings (SSSR count). The number of phenols is 1. The maximum absolute atomic E-state index is 9.48. The van der Waals surface area contributed by atoms with Crippen LogP contribution in [0.2, 0.25) is 10.0 Å².